The van der Waals surface area contributed by atoms with Crippen LogP contribution in [-0.4, -0.2) is 69.4 Å². The Balaban J connectivity index is 4.94. The van der Waals surface area contributed by atoms with Crippen molar-refractivity contribution in [1.82, 2.24) is 5.32 Å². The van der Waals surface area contributed by atoms with Gasteiger partial charge in [0, 0.05) is 12.8 Å². The summed E-state index contributed by atoms with van der Waals surface area (Å²) < 4.78 is 30.5. The normalized spacial score (nSPS) is 13.9. The Bertz CT molecular complexity index is 1800. The summed E-state index contributed by atoms with van der Waals surface area (Å²) in [5.41, 5.74) is 0. The number of rotatable bonds is 69. The zero-order valence-corrected chi connectivity index (χ0v) is 60.3. The van der Waals surface area contributed by atoms with Gasteiger partial charge in [0.2, 0.25) is 5.91 Å². The van der Waals surface area contributed by atoms with E-state index >= 15 is 0 Å². The Morgan fingerprint density at radius 3 is 1.04 bits per heavy atom. The molecule has 0 saturated carbocycles. The molecule has 0 bridgehead atoms. The van der Waals surface area contributed by atoms with Crippen molar-refractivity contribution in [2.24, 2.45) is 0 Å². The Labute approximate surface area is 552 Å². The van der Waals surface area contributed by atoms with Crippen LogP contribution < -0.4 is 10.2 Å². The number of phosphoric acid groups is 1. The van der Waals surface area contributed by atoms with Crippen molar-refractivity contribution < 1.29 is 37.3 Å². The van der Waals surface area contributed by atoms with E-state index < -0.39 is 20.0 Å². The predicted molar refractivity (Wildman–Crippen MR) is 385 cm³/mol. The first-order valence-electron chi connectivity index (χ1n) is 37.9. The lowest BCUT2D eigenvalue weighted by Gasteiger charge is -2.30. The number of carbonyl (C=O) groups is 2. The average Bonchev–Trinajstić information content (AvgIpc) is 3.71. The maximum atomic E-state index is 13.6. The summed E-state index contributed by atoms with van der Waals surface area (Å²) in [5, 5.41) is 3.05. The molecule has 0 fully saturated rings. The molecule has 0 heterocycles. The van der Waals surface area contributed by atoms with Crippen LogP contribution in [0, 0.1) is 0 Å². The van der Waals surface area contributed by atoms with Gasteiger partial charge in [0.1, 0.15) is 19.3 Å². The van der Waals surface area contributed by atoms with Crippen molar-refractivity contribution in [2.75, 3.05) is 40.9 Å². The van der Waals surface area contributed by atoms with Crippen LogP contribution in [0.3, 0.4) is 0 Å². The molecule has 10 heteroatoms. The maximum Gasteiger partial charge on any atom is 0.306 e. The number of hydrogen-bond acceptors (Lipinski definition) is 7. The SMILES string of the molecule is CCCCC/C=C\C/C=C\C/C=C\C/C=C\CCCCCCCCCCCCCC(=O)OC(/C=C/CCCCCCCCCCC)C(COP(=O)([O-])OCC[N+](C)(C)C)NC(=O)CCCCCCCCCCCCCCCCC/C=C\C/C=C\CCCCC. The molecule has 518 valence electrons. The summed E-state index contributed by atoms with van der Waals surface area (Å²) in [4.78, 5) is 40.2. The van der Waals surface area contributed by atoms with E-state index in [4.69, 9.17) is 13.8 Å². The lowest BCUT2D eigenvalue weighted by molar-refractivity contribution is -0.870. The topological polar surface area (TPSA) is 114 Å². The van der Waals surface area contributed by atoms with Gasteiger partial charge in [-0.15, -0.1) is 0 Å². The number of unbranched alkanes of at least 4 members (excludes halogenated alkanes) is 41. The number of nitrogens with one attached hydrogen (secondary N) is 1. The number of phosphoric ester groups is 1. The van der Waals surface area contributed by atoms with Crippen LogP contribution in [0.25, 0.3) is 0 Å². The molecule has 0 spiro atoms. The summed E-state index contributed by atoms with van der Waals surface area (Å²) in [6.45, 7) is 6.82. The minimum Gasteiger partial charge on any atom is -0.756 e. The molecule has 0 radical (unpaired) electrons. The zero-order chi connectivity index (χ0) is 64.9. The second kappa shape index (κ2) is 68.1. The van der Waals surface area contributed by atoms with E-state index in [2.05, 4.69) is 99.0 Å². The zero-order valence-electron chi connectivity index (χ0n) is 59.4. The summed E-state index contributed by atoms with van der Waals surface area (Å²) in [6.07, 6.45) is 91.4. The Hall–Kier alpha value is -2.81. The van der Waals surface area contributed by atoms with E-state index in [0.29, 0.717) is 17.4 Å². The molecule has 9 nitrogen and oxygen atoms in total. The average molecular weight is 1270 g/mol. The monoisotopic (exact) mass is 1270 g/mol. The number of likely N-dealkylation sites (N-methyl/N-ethyl adjacent to an activating group) is 1. The maximum absolute atomic E-state index is 13.6. The number of nitrogens with zero attached hydrogens (tertiary/aromatic N) is 1. The van der Waals surface area contributed by atoms with Gasteiger partial charge < -0.3 is 28.5 Å². The van der Waals surface area contributed by atoms with E-state index in [1.165, 1.54) is 238 Å². The van der Waals surface area contributed by atoms with Gasteiger partial charge in [-0.05, 0) is 109 Å². The number of ether oxygens (including phenoxy) is 1. The molecule has 0 rings (SSSR count). The van der Waals surface area contributed by atoms with Crippen LogP contribution in [0.15, 0.2) is 85.1 Å². The van der Waals surface area contributed by atoms with Gasteiger partial charge in [0.25, 0.3) is 7.82 Å². The molecule has 89 heavy (non-hydrogen) atoms. The first-order chi connectivity index (χ1) is 43.4. The van der Waals surface area contributed by atoms with Crippen molar-refractivity contribution in [1.29, 1.82) is 0 Å². The number of allylic oxidation sites excluding steroid dienone is 13. The van der Waals surface area contributed by atoms with E-state index in [1.54, 1.807) is 0 Å². The standard InChI is InChI=1S/C79H145N2O7P/c1-7-10-13-16-19-22-25-27-29-31-33-35-37-39-40-42-44-46-48-50-52-54-57-60-63-66-69-72-79(83)88-77(70-67-64-61-58-55-24-21-18-15-12-9-3)76(75-87-89(84,85)86-74-73-81(4,5)6)80-78(82)71-68-65-62-59-56-53-51-49-47-45-43-41-38-36-34-32-30-28-26-23-20-17-14-11-8-2/h19-20,22-23,27-30,33,35,39-40,67,70,76-77H,7-18,21,24-26,31-32,34,36-38,41-66,68-69,71-75H2,1-6H3,(H-,80,82,84,85)/b22-19-,23-20-,29-27-,30-28-,35-33-,40-39-,70-67+. The first kappa shape index (κ1) is 86.2. The largest absolute Gasteiger partial charge is 0.756 e. The van der Waals surface area contributed by atoms with Crippen LogP contribution in [0.2, 0.25) is 0 Å². The third-order valence-electron chi connectivity index (χ3n) is 16.8. The highest BCUT2D eigenvalue weighted by Crippen LogP contribution is 2.38. The summed E-state index contributed by atoms with van der Waals surface area (Å²) in [7, 11) is 1.19. The Kier molecular flexibility index (Phi) is 65.9. The summed E-state index contributed by atoms with van der Waals surface area (Å²) in [6, 6.07) is -0.893. The van der Waals surface area contributed by atoms with E-state index in [9.17, 15) is 19.0 Å². The van der Waals surface area contributed by atoms with Crippen LogP contribution in [0.4, 0.5) is 0 Å². The fourth-order valence-corrected chi connectivity index (χ4v) is 11.7. The molecule has 0 aromatic rings. The van der Waals surface area contributed by atoms with Crippen LogP contribution in [0.5, 0.6) is 0 Å². The molecule has 0 aromatic heterocycles. The fourth-order valence-electron chi connectivity index (χ4n) is 11.0. The van der Waals surface area contributed by atoms with Gasteiger partial charge in [-0.25, -0.2) is 0 Å². The van der Waals surface area contributed by atoms with Crippen molar-refractivity contribution in [3.63, 3.8) is 0 Å². The predicted octanol–water partition coefficient (Wildman–Crippen LogP) is 23.8. The van der Waals surface area contributed by atoms with Crippen molar-refractivity contribution in [2.45, 2.75) is 367 Å². The number of amides is 1. The molecule has 0 aliphatic carbocycles. The molecule has 1 N–H and O–H groups in total. The van der Waals surface area contributed by atoms with Crippen molar-refractivity contribution >= 4 is 19.7 Å². The van der Waals surface area contributed by atoms with Crippen molar-refractivity contribution in [3.05, 3.63) is 85.1 Å². The molecule has 0 saturated heterocycles. The lowest BCUT2D eigenvalue weighted by Crippen LogP contribution is -2.47. The molecule has 3 unspecified atom stereocenters. The van der Waals surface area contributed by atoms with Gasteiger partial charge in [0.05, 0.1) is 33.8 Å². The van der Waals surface area contributed by atoms with Crippen LogP contribution in [0.1, 0.15) is 355 Å². The Morgan fingerprint density at radius 2 is 0.685 bits per heavy atom. The number of esters is 1. The van der Waals surface area contributed by atoms with E-state index in [-0.39, 0.29) is 31.5 Å². The molecule has 0 aromatic carbocycles. The second-order valence-corrected chi connectivity index (χ2v) is 28.2. The molecular formula is C79H145N2O7P. The van der Waals surface area contributed by atoms with Gasteiger partial charge >= 0.3 is 5.97 Å². The molecule has 0 aliphatic rings. The minimum atomic E-state index is -4.71. The highest BCUT2D eigenvalue weighted by atomic mass is 31.2. The quantitative estimate of drug-likeness (QED) is 0.0212. The van der Waals surface area contributed by atoms with Gasteiger partial charge in [0.15, 0.2) is 0 Å². The van der Waals surface area contributed by atoms with Crippen LogP contribution >= 0.6 is 7.82 Å². The van der Waals surface area contributed by atoms with E-state index in [0.717, 1.165) is 83.5 Å². The third-order valence-corrected chi connectivity index (χ3v) is 17.8. The highest BCUT2D eigenvalue weighted by molar-refractivity contribution is 7.45. The Morgan fingerprint density at radius 1 is 0.393 bits per heavy atom. The molecule has 0 aliphatic heterocycles. The van der Waals surface area contributed by atoms with Gasteiger partial charge in [-0.3, -0.25) is 14.2 Å². The second-order valence-electron chi connectivity index (χ2n) is 26.8. The first-order valence-corrected chi connectivity index (χ1v) is 39.4. The van der Waals surface area contributed by atoms with Crippen LogP contribution in [-0.2, 0) is 27.9 Å². The van der Waals surface area contributed by atoms with Gasteiger partial charge in [-0.2, -0.15) is 0 Å². The van der Waals surface area contributed by atoms with Crippen molar-refractivity contribution in [3.8, 4) is 0 Å². The lowest BCUT2D eigenvalue weighted by atomic mass is 10.0. The summed E-state index contributed by atoms with van der Waals surface area (Å²) in [5.74, 6) is -0.535. The minimum absolute atomic E-state index is 0.0242. The third kappa shape index (κ3) is 69.4. The van der Waals surface area contributed by atoms with Gasteiger partial charge in [-0.1, -0.05) is 318 Å². The number of carbonyl (C=O) groups excluding carboxylic acids is 2. The number of quaternary nitrogens is 1. The highest BCUT2D eigenvalue weighted by Gasteiger charge is 2.27. The molecule has 3 atom stereocenters. The number of hydrogen-bond donors (Lipinski definition) is 1. The fraction of sp³-hybridized carbons (Fsp3) is 0.797. The van der Waals surface area contributed by atoms with E-state index in [1.807, 2.05) is 33.3 Å². The molecule has 1 amide bonds. The summed E-state index contributed by atoms with van der Waals surface area (Å²) >= 11 is 0. The molecular weight excluding hydrogens is 1120 g/mol. The smallest absolute Gasteiger partial charge is 0.306 e.